The first-order chi connectivity index (χ1) is 59.9. The third-order valence-electron chi connectivity index (χ3n) is 10.1. The summed E-state index contributed by atoms with van der Waals surface area (Å²) >= 11 is 0. The monoisotopic (exact) mass is 1970 g/mol. The van der Waals surface area contributed by atoms with Crippen LogP contribution in [-0.4, -0.2) is 220 Å². The molecule has 0 aromatic heterocycles. The number of hydrogen-bond acceptors (Lipinski definition) is 26. The molecule has 766 valence electrons. The number of halogens is 25. The normalized spacial score (nSPS) is 10.0. The topological polar surface area (TPSA) is 342 Å². The molecule has 0 N–H and O–H groups in total. The van der Waals surface area contributed by atoms with Gasteiger partial charge in [0.15, 0.2) is 0 Å². The highest BCUT2D eigenvalue weighted by Gasteiger charge is 2.32. The average Bonchev–Trinajstić information content (AvgIpc) is 0.970. The van der Waals surface area contributed by atoms with E-state index in [1.165, 1.54) is 34.6 Å². The van der Waals surface area contributed by atoms with E-state index in [2.05, 4.69) is 147 Å². The van der Waals surface area contributed by atoms with Crippen molar-refractivity contribution in [2.45, 2.75) is 190 Å². The fourth-order valence-corrected chi connectivity index (χ4v) is 4.09. The predicted molar refractivity (Wildman–Crippen MR) is 426 cm³/mol. The third-order valence-corrected chi connectivity index (χ3v) is 10.1. The van der Waals surface area contributed by atoms with E-state index in [1.54, 1.807) is 41.5 Å². The Bertz CT molecular complexity index is 3150. The Morgan fingerprint density at radius 3 is 0.432 bits per heavy atom. The van der Waals surface area contributed by atoms with Gasteiger partial charge in [0.2, 0.25) is 12.9 Å². The Labute approximate surface area is 746 Å². The molecule has 51 heteroatoms. The molecule has 0 saturated carbocycles. The molecule has 0 unspecified atom stereocenters. The Morgan fingerprint density at radius 1 is 0.212 bits per heavy atom. The summed E-state index contributed by atoms with van der Waals surface area (Å²) in [6.07, 6.45) is -37.8. The van der Waals surface area contributed by atoms with Crippen LogP contribution in [0, 0.1) is 0 Å². The molecule has 0 aliphatic rings. The van der Waals surface area contributed by atoms with Crippen LogP contribution in [0.1, 0.15) is 134 Å². The predicted octanol–water partition coefficient (Wildman–Crippen LogP) is 20.1. The number of esters is 13. The zero-order valence-electron chi connectivity index (χ0n) is 73.9. The number of carbonyl (C=O) groups is 13. The van der Waals surface area contributed by atoms with Gasteiger partial charge in [-0.2, -0.15) is 92.2 Å². The van der Waals surface area contributed by atoms with Crippen LogP contribution in [0.5, 0.6) is 0 Å². The molecule has 0 aliphatic heterocycles. The summed E-state index contributed by atoms with van der Waals surface area (Å²) < 4.78 is 342. The Morgan fingerprint density at radius 2 is 0.326 bits per heavy atom. The summed E-state index contributed by atoms with van der Waals surface area (Å²) in [4.78, 5) is 134. The zero-order chi connectivity index (χ0) is 107. The van der Waals surface area contributed by atoms with Gasteiger partial charge in [-0.3, -0.25) is 0 Å². The van der Waals surface area contributed by atoms with Crippen molar-refractivity contribution in [2.24, 2.45) is 0 Å². The molecule has 0 saturated heterocycles. The van der Waals surface area contributed by atoms with Crippen LogP contribution in [0.3, 0.4) is 0 Å². The molecular formula is C81H111F25O26. The van der Waals surface area contributed by atoms with Gasteiger partial charge in [-0.05, 0) is 76.2 Å². The molecule has 0 aromatic carbocycles. The first-order valence-electron chi connectivity index (χ1n) is 36.4. The third kappa shape index (κ3) is 158. The molecule has 0 radical (unpaired) electrons. The second-order valence-electron chi connectivity index (χ2n) is 22.9. The number of ether oxygens (including phenoxy) is 13. The summed E-state index contributed by atoms with van der Waals surface area (Å²) in [6, 6.07) is 0. The van der Waals surface area contributed by atoms with Gasteiger partial charge in [0.1, 0.15) is 46.2 Å². The van der Waals surface area contributed by atoms with Crippen molar-refractivity contribution in [3.63, 3.8) is 0 Å². The fraction of sp³-hybridized carbons (Fsp3) is 0.519. The van der Waals surface area contributed by atoms with Crippen LogP contribution < -0.4 is 0 Å². The summed E-state index contributed by atoms with van der Waals surface area (Å²) in [7, 11) is 0. The van der Waals surface area contributed by atoms with Crippen LogP contribution in [-0.2, 0) is 124 Å². The van der Waals surface area contributed by atoms with Crippen LogP contribution in [0.4, 0.5) is 110 Å². The maximum atomic E-state index is 11.5. The van der Waals surface area contributed by atoms with E-state index in [1.807, 2.05) is 0 Å². The fourth-order valence-electron chi connectivity index (χ4n) is 4.09. The molecule has 0 fully saturated rings. The second-order valence-corrected chi connectivity index (χ2v) is 22.9. The van der Waals surface area contributed by atoms with Gasteiger partial charge in [-0.1, -0.05) is 85.5 Å². The van der Waals surface area contributed by atoms with Gasteiger partial charge in [0, 0.05) is 88.3 Å². The van der Waals surface area contributed by atoms with E-state index >= 15 is 0 Å². The Kier molecular flexibility index (Phi) is 99.2. The van der Waals surface area contributed by atoms with E-state index in [4.69, 9.17) is 0 Å². The molecule has 0 atom stereocenters. The molecule has 0 aliphatic carbocycles. The van der Waals surface area contributed by atoms with Gasteiger partial charge >= 0.3 is 121 Å². The van der Waals surface area contributed by atoms with E-state index < -0.39 is 214 Å². The maximum Gasteiger partial charge on any atom is 0.392 e. The first-order valence-corrected chi connectivity index (χ1v) is 36.4. The minimum Gasteiger partial charge on any atom is -0.463 e. The van der Waals surface area contributed by atoms with Gasteiger partial charge in [0.25, 0.3) is 0 Å². The second kappa shape index (κ2) is 88.3. The van der Waals surface area contributed by atoms with Crippen molar-refractivity contribution < 1.29 is 234 Å². The van der Waals surface area contributed by atoms with E-state index in [-0.39, 0.29) is 65.0 Å². The van der Waals surface area contributed by atoms with Crippen molar-refractivity contribution in [1.82, 2.24) is 0 Å². The summed E-state index contributed by atoms with van der Waals surface area (Å²) in [5.41, 5.74) is 1.50. The smallest absolute Gasteiger partial charge is 0.392 e. The van der Waals surface area contributed by atoms with Gasteiger partial charge in [-0.25, -0.2) is 79.9 Å². The van der Waals surface area contributed by atoms with Gasteiger partial charge in [0.05, 0.1) is 84.6 Å². The highest BCUT2D eigenvalue weighted by molar-refractivity contribution is 5.90. The minimum atomic E-state index is -4.28. The lowest BCUT2D eigenvalue weighted by molar-refractivity contribution is -0.157. The highest BCUT2D eigenvalue weighted by Crippen LogP contribution is 2.24. The molecule has 0 bridgehead atoms. The zero-order valence-corrected chi connectivity index (χ0v) is 73.9. The molecule has 0 heterocycles. The van der Waals surface area contributed by atoms with Crippen LogP contribution >= 0.6 is 0 Å². The summed E-state index contributed by atoms with van der Waals surface area (Å²) in [6.45, 7) is 55.4. The first kappa shape index (κ1) is 148. The number of carbonyl (C=O) groups excluding carboxylic acids is 13. The quantitative estimate of drug-likeness (QED) is 0.0241. The van der Waals surface area contributed by atoms with Crippen LogP contribution in [0.15, 0.2) is 161 Å². The largest absolute Gasteiger partial charge is 0.463 e. The molecule has 132 heavy (non-hydrogen) atoms. The SMILES string of the molecule is C=C(C)C(=O)OCC.C=C(C)C(=O)OCC.C=C(C)C(=O)OCCC(F)(F)F.C=C(C)C(=O)OCCC(F)(F)F.C=C(C)C(=O)OCCC(F)(F)F.C=C(C)C(=O)OCCC(F)(F)F.C=C(C)C(=O)OCCC(F)F.C=CC(=O)OCC.C=CC(=O)OCC.C=CC(=O)OCCC(F)(F)F.C=CC(=O)OCCC(F)(F)F.C=CC(=O)OCCC(F)(F)F.C=CC(=O)OCCC(F)F. The summed E-state index contributed by atoms with van der Waals surface area (Å²) in [5.74, 6) is -8.31. The van der Waals surface area contributed by atoms with Crippen LogP contribution in [0.25, 0.3) is 0 Å². The number of hydrogen-bond donors (Lipinski definition) is 0. The van der Waals surface area contributed by atoms with Crippen molar-refractivity contribution in [3.05, 3.63) is 161 Å². The summed E-state index contributed by atoms with van der Waals surface area (Å²) in [5, 5.41) is 0. The molecule has 26 nitrogen and oxygen atoms in total. The van der Waals surface area contributed by atoms with Gasteiger partial charge < -0.3 is 61.6 Å². The van der Waals surface area contributed by atoms with Crippen LogP contribution in [0.2, 0.25) is 0 Å². The lowest BCUT2D eigenvalue weighted by atomic mass is 10.3. The molecule has 0 amide bonds. The van der Waals surface area contributed by atoms with Crippen molar-refractivity contribution in [1.29, 1.82) is 0 Å². The maximum absolute atomic E-state index is 11.5. The average molecular weight is 1980 g/mol. The lowest BCUT2D eigenvalue weighted by Gasteiger charge is -2.06. The molecule has 0 rings (SSSR count). The number of alkyl halides is 25. The van der Waals surface area contributed by atoms with E-state index in [9.17, 15) is 172 Å². The molecule has 0 spiro atoms. The number of rotatable bonds is 37. The van der Waals surface area contributed by atoms with Crippen molar-refractivity contribution >= 4 is 77.6 Å². The standard InChI is InChI=1S/4C7H9F3O2.C7H10F2O2.3C6H7F3O2.C6H8F2O2.2C6H10O2.2C5H8O2/c4*1-5(2)6(11)12-4-3-7(8,9)10;1-5(2)7(10)11-4-3-6(8)9;3*1-2-5(10)11-4-3-6(7,8)9;1-2-6(9)10-4-3-5(7)8;2*1-4-8-6(7)5(2)3;2*1-3-5(6)7-4-2/h4*1,3-4H2,2H3;6H,1,3-4H2,2H3;3*2H,1,3-4H2;2,5H,1,3-4H2;2*2,4H2,1,3H3;2*3H,1,4H2,2H3. The van der Waals surface area contributed by atoms with E-state index in [0.29, 0.717) is 37.6 Å². The molecule has 0 aromatic rings. The van der Waals surface area contributed by atoms with Crippen molar-refractivity contribution in [3.8, 4) is 0 Å². The van der Waals surface area contributed by atoms with E-state index in [0.717, 1.165) is 36.5 Å². The lowest BCUT2D eigenvalue weighted by Crippen LogP contribution is -2.14. The van der Waals surface area contributed by atoms with Crippen molar-refractivity contribution in [2.75, 3.05) is 85.9 Å². The highest BCUT2D eigenvalue weighted by atomic mass is 19.4. The van der Waals surface area contributed by atoms with Gasteiger partial charge in [-0.15, -0.1) is 0 Å². The molecular weight excluding hydrogens is 1860 g/mol. The Balaban J connectivity index is -0.000000106. The Hall–Kier alpha value is -12.0. The minimum absolute atomic E-state index is 0.0946.